The van der Waals surface area contributed by atoms with E-state index in [4.69, 9.17) is 5.11 Å². The van der Waals surface area contributed by atoms with Crippen LogP contribution in [-0.4, -0.2) is 35.0 Å². The fourth-order valence-electron chi connectivity index (χ4n) is 3.36. The number of hydrogen-bond acceptors (Lipinski definition) is 2. The van der Waals surface area contributed by atoms with Gasteiger partial charge in [0.05, 0.1) is 5.56 Å². The number of nitrogens with zero attached hydrogens (tertiary/aromatic N) is 1. The van der Waals surface area contributed by atoms with Crippen LogP contribution >= 0.6 is 0 Å². The highest BCUT2D eigenvalue weighted by Crippen LogP contribution is 2.24. The second-order valence-electron chi connectivity index (χ2n) is 6.53. The summed E-state index contributed by atoms with van der Waals surface area (Å²) in [6.07, 6.45) is 1.59. The molecule has 1 fully saturated rings. The molecule has 1 aliphatic rings. The van der Waals surface area contributed by atoms with E-state index in [0.717, 1.165) is 18.4 Å². The Morgan fingerprint density at radius 1 is 1.24 bits per heavy atom. The number of likely N-dealkylation sites (tertiary alicyclic amines) is 1. The van der Waals surface area contributed by atoms with E-state index in [-0.39, 0.29) is 23.2 Å². The zero-order chi connectivity index (χ0) is 18.0. The van der Waals surface area contributed by atoms with Gasteiger partial charge in [-0.2, -0.15) is 0 Å². The maximum absolute atomic E-state index is 13.7. The van der Waals surface area contributed by atoms with Crippen LogP contribution in [0.5, 0.6) is 0 Å². The molecule has 1 aliphatic heterocycles. The van der Waals surface area contributed by atoms with Gasteiger partial charge in [0.25, 0.3) is 5.91 Å². The van der Waals surface area contributed by atoms with E-state index in [1.807, 2.05) is 6.07 Å². The molecule has 1 amide bonds. The summed E-state index contributed by atoms with van der Waals surface area (Å²) in [5.74, 6) is -1.17. The van der Waals surface area contributed by atoms with Crippen molar-refractivity contribution in [2.75, 3.05) is 13.1 Å². The van der Waals surface area contributed by atoms with Crippen LogP contribution in [0.15, 0.2) is 42.5 Å². The zero-order valence-electron chi connectivity index (χ0n) is 14.0. The van der Waals surface area contributed by atoms with Crippen molar-refractivity contribution in [2.45, 2.75) is 19.8 Å². The van der Waals surface area contributed by atoms with E-state index in [1.54, 1.807) is 42.2 Å². The predicted octanol–water partition coefficient (Wildman–Crippen LogP) is 3.54. The number of carboxylic acid groups (broad SMARTS) is 1. The Kier molecular flexibility index (Phi) is 4.83. The minimum Gasteiger partial charge on any atom is -0.478 e. The summed E-state index contributed by atoms with van der Waals surface area (Å²) in [5, 5.41) is 9.08. The van der Waals surface area contributed by atoms with Crippen molar-refractivity contribution < 1.29 is 19.1 Å². The highest BCUT2D eigenvalue weighted by atomic mass is 19.1. The lowest BCUT2D eigenvalue weighted by molar-refractivity contribution is 0.0696. The van der Waals surface area contributed by atoms with Crippen LogP contribution in [-0.2, 0) is 6.42 Å². The SMILES string of the molecule is Cc1c(F)cccc1C(=O)N1CCC(Cc2cccc(C(=O)O)c2)C1. The normalized spacial score (nSPS) is 16.9. The van der Waals surface area contributed by atoms with E-state index in [0.29, 0.717) is 24.2 Å². The summed E-state index contributed by atoms with van der Waals surface area (Å²) < 4.78 is 13.7. The van der Waals surface area contributed by atoms with Crippen LogP contribution in [0.2, 0.25) is 0 Å². The molecule has 0 spiro atoms. The molecule has 25 heavy (non-hydrogen) atoms. The summed E-state index contributed by atoms with van der Waals surface area (Å²) >= 11 is 0. The van der Waals surface area contributed by atoms with E-state index < -0.39 is 5.97 Å². The number of halogens is 1. The number of aromatic carboxylic acids is 1. The Morgan fingerprint density at radius 2 is 2.00 bits per heavy atom. The number of carboxylic acids is 1. The lowest BCUT2D eigenvalue weighted by atomic mass is 9.97. The smallest absolute Gasteiger partial charge is 0.335 e. The van der Waals surface area contributed by atoms with Gasteiger partial charge in [-0.05, 0) is 61.1 Å². The average molecular weight is 341 g/mol. The first-order valence-corrected chi connectivity index (χ1v) is 8.32. The number of hydrogen-bond donors (Lipinski definition) is 1. The molecule has 2 aromatic carbocycles. The van der Waals surface area contributed by atoms with Gasteiger partial charge in [0, 0.05) is 18.7 Å². The molecule has 5 heteroatoms. The number of amides is 1. The van der Waals surface area contributed by atoms with E-state index in [2.05, 4.69) is 0 Å². The van der Waals surface area contributed by atoms with Gasteiger partial charge in [-0.25, -0.2) is 9.18 Å². The molecule has 1 heterocycles. The van der Waals surface area contributed by atoms with Gasteiger partial charge in [-0.3, -0.25) is 4.79 Å². The third kappa shape index (κ3) is 3.71. The van der Waals surface area contributed by atoms with Gasteiger partial charge in [-0.15, -0.1) is 0 Å². The molecule has 130 valence electrons. The molecule has 0 aliphatic carbocycles. The van der Waals surface area contributed by atoms with Gasteiger partial charge in [0.15, 0.2) is 0 Å². The van der Waals surface area contributed by atoms with Crippen molar-refractivity contribution >= 4 is 11.9 Å². The molecule has 0 saturated carbocycles. The summed E-state index contributed by atoms with van der Waals surface area (Å²) in [6, 6.07) is 11.5. The molecule has 0 aromatic heterocycles. The van der Waals surface area contributed by atoms with E-state index in [9.17, 15) is 14.0 Å². The van der Waals surface area contributed by atoms with Gasteiger partial charge in [-0.1, -0.05) is 18.2 Å². The first-order chi connectivity index (χ1) is 12.0. The van der Waals surface area contributed by atoms with Crippen molar-refractivity contribution in [1.82, 2.24) is 4.90 Å². The minimum atomic E-state index is -0.938. The predicted molar refractivity (Wildman–Crippen MR) is 92.3 cm³/mol. The third-order valence-electron chi connectivity index (χ3n) is 4.77. The molecule has 2 aromatic rings. The van der Waals surface area contributed by atoms with Crippen molar-refractivity contribution in [3.63, 3.8) is 0 Å². The summed E-state index contributed by atoms with van der Waals surface area (Å²) in [7, 11) is 0. The summed E-state index contributed by atoms with van der Waals surface area (Å²) in [4.78, 5) is 25.5. The monoisotopic (exact) mass is 341 g/mol. The van der Waals surface area contributed by atoms with Crippen LogP contribution in [0.3, 0.4) is 0 Å². The van der Waals surface area contributed by atoms with Crippen LogP contribution in [0.4, 0.5) is 4.39 Å². The summed E-state index contributed by atoms with van der Waals surface area (Å²) in [5.41, 5.74) is 2.03. The van der Waals surface area contributed by atoms with Crippen LogP contribution < -0.4 is 0 Å². The molecule has 1 atom stereocenters. The molecule has 0 radical (unpaired) electrons. The van der Waals surface area contributed by atoms with E-state index >= 15 is 0 Å². The van der Waals surface area contributed by atoms with Crippen LogP contribution in [0.25, 0.3) is 0 Å². The fraction of sp³-hybridized carbons (Fsp3) is 0.300. The van der Waals surface area contributed by atoms with Crippen molar-refractivity contribution in [3.05, 3.63) is 70.5 Å². The fourth-order valence-corrected chi connectivity index (χ4v) is 3.36. The number of rotatable bonds is 4. The van der Waals surface area contributed by atoms with Gasteiger partial charge < -0.3 is 10.0 Å². The Morgan fingerprint density at radius 3 is 2.76 bits per heavy atom. The third-order valence-corrected chi connectivity index (χ3v) is 4.77. The lowest BCUT2D eigenvalue weighted by Crippen LogP contribution is -2.29. The largest absolute Gasteiger partial charge is 0.478 e. The molecule has 0 bridgehead atoms. The Balaban J connectivity index is 1.67. The number of benzene rings is 2. The van der Waals surface area contributed by atoms with Crippen LogP contribution in [0.1, 0.15) is 38.3 Å². The Bertz CT molecular complexity index is 818. The summed E-state index contributed by atoms with van der Waals surface area (Å²) in [6.45, 7) is 2.86. The average Bonchev–Trinajstić information content (AvgIpc) is 3.05. The molecule has 3 rings (SSSR count). The maximum atomic E-state index is 13.7. The second kappa shape index (κ2) is 7.05. The molecular weight excluding hydrogens is 321 g/mol. The second-order valence-corrected chi connectivity index (χ2v) is 6.53. The van der Waals surface area contributed by atoms with Gasteiger partial charge in [0.1, 0.15) is 5.82 Å². The van der Waals surface area contributed by atoms with E-state index in [1.165, 1.54) is 6.07 Å². The molecule has 1 unspecified atom stereocenters. The maximum Gasteiger partial charge on any atom is 0.335 e. The molecule has 1 saturated heterocycles. The number of carbonyl (C=O) groups is 2. The van der Waals surface area contributed by atoms with Crippen molar-refractivity contribution in [2.24, 2.45) is 5.92 Å². The zero-order valence-corrected chi connectivity index (χ0v) is 14.0. The number of carbonyl (C=O) groups excluding carboxylic acids is 1. The van der Waals surface area contributed by atoms with Crippen LogP contribution in [0, 0.1) is 18.7 Å². The topological polar surface area (TPSA) is 57.6 Å². The first-order valence-electron chi connectivity index (χ1n) is 8.32. The minimum absolute atomic E-state index is 0.140. The standard InChI is InChI=1S/C20H20FNO3/c1-13-17(6-3-7-18(13)21)19(23)22-9-8-15(12-22)10-14-4-2-5-16(11-14)20(24)25/h2-7,11,15H,8-10,12H2,1H3,(H,24,25). The first kappa shape index (κ1) is 17.1. The van der Waals surface area contributed by atoms with Gasteiger partial charge >= 0.3 is 5.97 Å². The molecule has 4 nitrogen and oxygen atoms in total. The Hall–Kier alpha value is -2.69. The highest BCUT2D eigenvalue weighted by molar-refractivity contribution is 5.95. The molecular formula is C20H20FNO3. The Labute approximate surface area is 145 Å². The highest BCUT2D eigenvalue weighted by Gasteiger charge is 2.28. The van der Waals surface area contributed by atoms with Crippen molar-refractivity contribution in [3.8, 4) is 0 Å². The van der Waals surface area contributed by atoms with Gasteiger partial charge in [0.2, 0.25) is 0 Å². The van der Waals surface area contributed by atoms with Crippen molar-refractivity contribution in [1.29, 1.82) is 0 Å². The quantitative estimate of drug-likeness (QED) is 0.925. The lowest BCUT2D eigenvalue weighted by Gasteiger charge is -2.18. The molecule has 1 N–H and O–H groups in total.